The number of hydrogen-bond donors (Lipinski definition) is 2. The molecule has 0 unspecified atom stereocenters. The minimum Gasteiger partial charge on any atom is -0.350 e. The molecule has 1 aromatic heterocycles. The average Bonchev–Trinajstić information content (AvgIpc) is 3.30. The van der Waals surface area contributed by atoms with Crippen LogP contribution in [0.2, 0.25) is 0 Å². The summed E-state index contributed by atoms with van der Waals surface area (Å²) >= 11 is 0. The van der Waals surface area contributed by atoms with E-state index < -0.39 is 0 Å². The fourth-order valence-corrected chi connectivity index (χ4v) is 3.18. The van der Waals surface area contributed by atoms with Crippen LogP contribution in [0.3, 0.4) is 0 Å². The van der Waals surface area contributed by atoms with E-state index in [9.17, 15) is 9.59 Å². The maximum absolute atomic E-state index is 12.5. The molecule has 0 radical (unpaired) electrons. The molecular formula is C19H22N4O2. The van der Waals surface area contributed by atoms with Gasteiger partial charge in [0.05, 0.1) is 23.8 Å². The van der Waals surface area contributed by atoms with Gasteiger partial charge in [0.2, 0.25) is 11.8 Å². The van der Waals surface area contributed by atoms with Gasteiger partial charge >= 0.3 is 0 Å². The van der Waals surface area contributed by atoms with Crippen LogP contribution in [0, 0.1) is 5.92 Å². The molecule has 1 aromatic carbocycles. The molecule has 2 atom stereocenters. The van der Waals surface area contributed by atoms with E-state index >= 15 is 0 Å². The minimum absolute atomic E-state index is 0.0406. The first-order valence-corrected chi connectivity index (χ1v) is 8.48. The molecule has 0 saturated heterocycles. The number of aromatic nitrogens is 2. The van der Waals surface area contributed by atoms with Crippen LogP contribution in [-0.4, -0.2) is 27.6 Å². The molecule has 1 fully saturated rings. The molecule has 6 heteroatoms. The van der Waals surface area contributed by atoms with E-state index in [4.69, 9.17) is 0 Å². The SMILES string of the molecule is C=CC(=O)N[C@@H]1CCC[C@H]1C(=O)NCc1ccn(-c2ccccc2)n1. The highest BCUT2D eigenvalue weighted by Crippen LogP contribution is 2.26. The molecule has 1 heterocycles. The molecule has 0 aliphatic heterocycles. The lowest BCUT2D eigenvalue weighted by Crippen LogP contribution is -2.43. The highest BCUT2D eigenvalue weighted by Gasteiger charge is 2.33. The Kier molecular flexibility index (Phi) is 5.28. The number of nitrogens with one attached hydrogen (secondary N) is 2. The Hall–Kier alpha value is -2.89. The quantitative estimate of drug-likeness (QED) is 0.791. The monoisotopic (exact) mass is 338 g/mol. The highest BCUT2D eigenvalue weighted by molar-refractivity contribution is 5.88. The third-order valence-electron chi connectivity index (χ3n) is 4.47. The summed E-state index contributed by atoms with van der Waals surface area (Å²) in [5, 5.41) is 10.3. The van der Waals surface area contributed by atoms with E-state index in [1.807, 2.05) is 42.6 Å². The predicted molar refractivity (Wildman–Crippen MR) is 94.9 cm³/mol. The standard InChI is InChI=1S/C19H22N4O2/c1-2-18(24)21-17-10-6-9-16(17)19(25)20-13-14-11-12-23(22-14)15-7-4-3-5-8-15/h2-5,7-8,11-12,16-17H,1,6,9-10,13H2,(H,20,25)(H,21,24)/t16-,17-/m1/s1. The highest BCUT2D eigenvalue weighted by atomic mass is 16.2. The van der Waals surface area contributed by atoms with Crippen LogP contribution in [0.4, 0.5) is 0 Å². The Morgan fingerprint density at radius 2 is 2.04 bits per heavy atom. The first-order valence-electron chi connectivity index (χ1n) is 8.48. The Bertz CT molecular complexity index is 754. The number of para-hydroxylation sites is 1. The maximum atomic E-state index is 12.5. The molecule has 130 valence electrons. The molecule has 1 aliphatic carbocycles. The molecular weight excluding hydrogens is 316 g/mol. The third-order valence-corrected chi connectivity index (χ3v) is 4.47. The lowest BCUT2D eigenvalue weighted by atomic mass is 10.0. The molecule has 2 N–H and O–H groups in total. The van der Waals surface area contributed by atoms with Crippen molar-refractivity contribution >= 4 is 11.8 Å². The summed E-state index contributed by atoms with van der Waals surface area (Å²) in [5.74, 6) is -0.465. The van der Waals surface area contributed by atoms with E-state index in [1.165, 1.54) is 6.08 Å². The van der Waals surface area contributed by atoms with Crippen molar-refractivity contribution in [3.8, 4) is 5.69 Å². The number of benzene rings is 1. The van der Waals surface area contributed by atoms with Gasteiger partial charge in [-0.1, -0.05) is 31.2 Å². The van der Waals surface area contributed by atoms with Gasteiger partial charge in [0.1, 0.15) is 0 Å². The zero-order valence-electron chi connectivity index (χ0n) is 14.0. The van der Waals surface area contributed by atoms with Crippen molar-refractivity contribution < 1.29 is 9.59 Å². The summed E-state index contributed by atoms with van der Waals surface area (Å²) in [6.07, 6.45) is 5.65. The Morgan fingerprint density at radius 1 is 1.24 bits per heavy atom. The summed E-state index contributed by atoms with van der Waals surface area (Å²) in [7, 11) is 0. The fraction of sp³-hybridized carbons (Fsp3) is 0.316. The van der Waals surface area contributed by atoms with Gasteiger partial charge in [0.25, 0.3) is 0 Å². The zero-order chi connectivity index (χ0) is 17.6. The fourth-order valence-electron chi connectivity index (χ4n) is 3.18. The minimum atomic E-state index is -0.230. The molecule has 3 rings (SSSR count). The van der Waals surface area contributed by atoms with E-state index in [0.29, 0.717) is 6.54 Å². The van der Waals surface area contributed by atoms with E-state index in [1.54, 1.807) is 4.68 Å². The van der Waals surface area contributed by atoms with Crippen LogP contribution >= 0.6 is 0 Å². The summed E-state index contributed by atoms with van der Waals surface area (Å²) in [6.45, 7) is 3.82. The van der Waals surface area contributed by atoms with Crippen LogP contribution < -0.4 is 10.6 Å². The molecule has 1 aliphatic rings. The van der Waals surface area contributed by atoms with Gasteiger partial charge in [0.15, 0.2) is 0 Å². The average molecular weight is 338 g/mol. The van der Waals surface area contributed by atoms with Gasteiger partial charge in [-0.3, -0.25) is 9.59 Å². The van der Waals surface area contributed by atoms with Gasteiger partial charge < -0.3 is 10.6 Å². The number of hydrogen-bond acceptors (Lipinski definition) is 3. The zero-order valence-corrected chi connectivity index (χ0v) is 14.0. The Morgan fingerprint density at radius 3 is 2.80 bits per heavy atom. The third kappa shape index (κ3) is 4.15. The molecule has 0 spiro atoms. The molecule has 25 heavy (non-hydrogen) atoms. The van der Waals surface area contributed by atoms with Crippen LogP contribution in [0.1, 0.15) is 25.0 Å². The lowest BCUT2D eigenvalue weighted by Gasteiger charge is -2.19. The largest absolute Gasteiger partial charge is 0.350 e. The first-order chi connectivity index (χ1) is 12.2. The van der Waals surface area contributed by atoms with Gasteiger partial charge in [-0.25, -0.2) is 4.68 Å². The molecule has 0 bridgehead atoms. The smallest absolute Gasteiger partial charge is 0.243 e. The molecule has 2 aromatic rings. The van der Waals surface area contributed by atoms with Crippen molar-refractivity contribution in [2.24, 2.45) is 5.92 Å². The van der Waals surface area contributed by atoms with Crippen LogP contribution in [0.5, 0.6) is 0 Å². The van der Waals surface area contributed by atoms with Crippen molar-refractivity contribution in [2.45, 2.75) is 31.8 Å². The van der Waals surface area contributed by atoms with Gasteiger partial charge in [0, 0.05) is 12.2 Å². The van der Waals surface area contributed by atoms with E-state index in [2.05, 4.69) is 22.3 Å². The summed E-state index contributed by atoms with van der Waals surface area (Å²) in [6, 6.07) is 11.6. The second-order valence-electron chi connectivity index (χ2n) is 6.16. The lowest BCUT2D eigenvalue weighted by molar-refractivity contribution is -0.126. The van der Waals surface area contributed by atoms with Gasteiger partial charge in [-0.2, -0.15) is 5.10 Å². The maximum Gasteiger partial charge on any atom is 0.243 e. The number of nitrogens with zero attached hydrogens (tertiary/aromatic N) is 2. The number of rotatable bonds is 6. The Labute approximate surface area is 146 Å². The van der Waals surface area contributed by atoms with Crippen molar-refractivity contribution in [1.82, 2.24) is 20.4 Å². The second kappa shape index (κ2) is 7.79. The normalized spacial score (nSPS) is 19.4. The first kappa shape index (κ1) is 17.0. The van der Waals surface area contributed by atoms with Gasteiger partial charge in [-0.05, 0) is 37.1 Å². The van der Waals surface area contributed by atoms with Crippen molar-refractivity contribution in [2.75, 3.05) is 0 Å². The van der Waals surface area contributed by atoms with Crippen LogP contribution in [0.15, 0.2) is 55.3 Å². The molecule has 2 amide bonds. The van der Waals surface area contributed by atoms with Crippen molar-refractivity contribution in [3.63, 3.8) is 0 Å². The van der Waals surface area contributed by atoms with E-state index in [-0.39, 0.29) is 23.8 Å². The second-order valence-corrected chi connectivity index (χ2v) is 6.16. The van der Waals surface area contributed by atoms with Crippen molar-refractivity contribution in [3.05, 3.63) is 60.9 Å². The predicted octanol–water partition coefficient (Wildman–Crippen LogP) is 1.96. The van der Waals surface area contributed by atoms with Gasteiger partial charge in [-0.15, -0.1) is 0 Å². The summed E-state index contributed by atoms with van der Waals surface area (Å²) < 4.78 is 1.78. The number of carbonyl (C=O) groups is 2. The topological polar surface area (TPSA) is 76.0 Å². The van der Waals surface area contributed by atoms with E-state index in [0.717, 1.165) is 30.6 Å². The summed E-state index contributed by atoms with van der Waals surface area (Å²) in [5.41, 5.74) is 1.77. The van der Waals surface area contributed by atoms with Crippen LogP contribution in [0.25, 0.3) is 5.69 Å². The summed E-state index contributed by atoms with van der Waals surface area (Å²) in [4.78, 5) is 23.9. The van der Waals surface area contributed by atoms with Crippen molar-refractivity contribution in [1.29, 1.82) is 0 Å². The molecule has 1 saturated carbocycles. The van der Waals surface area contributed by atoms with Crippen LogP contribution in [-0.2, 0) is 16.1 Å². The number of carbonyl (C=O) groups excluding carboxylic acids is 2. The molecule has 6 nitrogen and oxygen atoms in total. The Balaban J connectivity index is 1.56. The number of amides is 2.